The van der Waals surface area contributed by atoms with E-state index in [0.29, 0.717) is 11.3 Å². The molecular weight excluding hydrogens is 313 g/mol. The maximum absolute atomic E-state index is 13.5. The lowest BCUT2D eigenvalue weighted by molar-refractivity contribution is 0.0470. The molecule has 3 nitrogen and oxygen atoms in total. The van der Waals surface area contributed by atoms with E-state index in [1.54, 1.807) is 36.4 Å². The highest BCUT2D eigenvalue weighted by Crippen LogP contribution is 2.18. The first kappa shape index (κ1) is 13.5. The fraction of sp³-hybridized carbons (Fsp3) is 0.0714. The van der Waals surface area contributed by atoms with Crippen molar-refractivity contribution in [3.05, 3.63) is 63.9 Å². The summed E-state index contributed by atoms with van der Waals surface area (Å²) in [7, 11) is 0. The lowest BCUT2D eigenvalue weighted by Gasteiger charge is -2.08. The smallest absolute Gasteiger partial charge is 0.340 e. The second kappa shape index (κ2) is 5.84. The third-order valence-electron chi connectivity index (χ3n) is 2.55. The summed E-state index contributed by atoms with van der Waals surface area (Å²) >= 11 is 3.23. The largest absolute Gasteiger partial charge is 0.457 e. The van der Waals surface area contributed by atoms with E-state index in [9.17, 15) is 9.18 Å². The van der Waals surface area contributed by atoms with Crippen LogP contribution in [0.3, 0.4) is 0 Å². The minimum absolute atomic E-state index is 0.140. The van der Waals surface area contributed by atoms with Crippen molar-refractivity contribution in [2.45, 2.75) is 6.61 Å². The molecule has 2 aromatic carbocycles. The monoisotopic (exact) mass is 323 g/mol. The van der Waals surface area contributed by atoms with Gasteiger partial charge in [-0.2, -0.15) is 0 Å². The molecule has 0 aromatic heterocycles. The molecule has 0 radical (unpaired) electrons. The molecule has 0 saturated carbocycles. The first-order valence-corrected chi connectivity index (χ1v) is 6.33. The Morgan fingerprint density at radius 3 is 2.74 bits per heavy atom. The molecule has 2 rings (SSSR count). The summed E-state index contributed by atoms with van der Waals surface area (Å²) < 4.78 is 19.2. The van der Waals surface area contributed by atoms with Crippen LogP contribution in [0.1, 0.15) is 15.9 Å². The lowest BCUT2D eigenvalue weighted by Crippen LogP contribution is -2.08. The van der Waals surface area contributed by atoms with Gasteiger partial charge in [-0.15, -0.1) is 0 Å². The summed E-state index contributed by atoms with van der Waals surface area (Å²) in [5.74, 6) is -0.991. The topological polar surface area (TPSA) is 52.3 Å². The average Bonchev–Trinajstić information content (AvgIpc) is 2.40. The first-order chi connectivity index (χ1) is 9.08. The van der Waals surface area contributed by atoms with Crippen LogP contribution in [0.5, 0.6) is 0 Å². The van der Waals surface area contributed by atoms with E-state index >= 15 is 0 Å². The van der Waals surface area contributed by atoms with Gasteiger partial charge >= 0.3 is 5.97 Å². The van der Waals surface area contributed by atoms with E-state index in [4.69, 9.17) is 10.5 Å². The van der Waals surface area contributed by atoms with Crippen molar-refractivity contribution in [2.75, 3.05) is 5.73 Å². The minimum atomic E-state index is -0.572. The minimum Gasteiger partial charge on any atom is -0.457 e. The molecule has 0 spiro atoms. The Labute approximate surface area is 118 Å². The Balaban J connectivity index is 2.09. The predicted octanol–water partition coefficient (Wildman–Crippen LogP) is 3.53. The molecule has 0 aliphatic carbocycles. The molecule has 5 heteroatoms. The van der Waals surface area contributed by atoms with Gasteiger partial charge in [0.05, 0.1) is 5.56 Å². The number of para-hydroxylation sites is 1. The molecule has 0 unspecified atom stereocenters. The molecular formula is C14H11BrFNO2. The fourth-order valence-corrected chi connectivity index (χ4v) is 1.97. The van der Waals surface area contributed by atoms with Crippen LogP contribution < -0.4 is 5.73 Å². The Morgan fingerprint density at radius 1 is 1.26 bits per heavy atom. The highest BCUT2D eigenvalue weighted by atomic mass is 79.9. The summed E-state index contributed by atoms with van der Waals surface area (Å²) in [4.78, 5) is 11.8. The number of benzene rings is 2. The van der Waals surface area contributed by atoms with Gasteiger partial charge in [0.1, 0.15) is 12.4 Å². The molecule has 19 heavy (non-hydrogen) atoms. The van der Waals surface area contributed by atoms with Crippen molar-refractivity contribution in [1.82, 2.24) is 0 Å². The van der Waals surface area contributed by atoms with Crippen LogP contribution in [0, 0.1) is 5.82 Å². The van der Waals surface area contributed by atoms with Gasteiger partial charge in [-0.1, -0.05) is 28.1 Å². The van der Waals surface area contributed by atoms with Crippen molar-refractivity contribution >= 4 is 27.6 Å². The molecule has 0 aliphatic heterocycles. The molecule has 0 atom stereocenters. The predicted molar refractivity (Wildman–Crippen MR) is 74.1 cm³/mol. The molecule has 0 bridgehead atoms. The van der Waals surface area contributed by atoms with Gasteiger partial charge in [0.2, 0.25) is 0 Å². The Kier molecular flexibility index (Phi) is 4.16. The Hall–Kier alpha value is -1.88. The zero-order valence-corrected chi connectivity index (χ0v) is 11.5. The van der Waals surface area contributed by atoms with Crippen LogP contribution in [0.4, 0.5) is 10.1 Å². The number of anilines is 1. The summed E-state index contributed by atoms with van der Waals surface area (Å²) in [6.07, 6.45) is 0. The van der Waals surface area contributed by atoms with Crippen molar-refractivity contribution in [1.29, 1.82) is 0 Å². The molecule has 0 heterocycles. The standard InChI is InChI=1S/C14H11BrFNO2/c15-10-5-6-12(16)9(7-10)8-19-14(18)11-3-1-2-4-13(11)17/h1-7H,8,17H2. The number of rotatable bonds is 3. The van der Waals surface area contributed by atoms with Crippen LogP contribution in [0.2, 0.25) is 0 Å². The van der Waals surface area contributed by atoms with E-state index in [-0.39, 0.29) is 12.2 Å². The second-order valence-corrected chi connectivity index (χ2v) is 4.81. The number of halogens is 2. The zero-order valence-electron chi connectivity index (χ0n) is 9.90. The molecule has 2 aromatic rings. The van der Waals surface area contributed by atoms with Crippen molar-refractivity contribution in [2.24, 2.45) is 0 Å². The number of nitrogen functional groups attached to an aromatic ring is 1. The highest BCUT2D eigenvalue weighted by molar-refractivity contribution is 9.10. The van der Waals surface area contributed by atoms with Crippen LogP contribution >= 0.6 is 15.9 Å². The number of carbonyl (C=O) groups excluding carboxylic acids is 1. The van der Waals surface area contributed by atoms with Crippen molar-refractivity contribution in [3.8, 4) is 0 Å². The maximum atomic E-state index is 13.5. The van der Waals surface area contributed by atoms with E-state index in [1.807, 2.05) is 0 Å². The molecule has 0 aliphatic rings. The van der Waals surface area contributed by atoms with E-state index in [1.165, 1.54) is 6.07 Å². The van der Waals surface area contributed by atoms with Crippen LogP contribution in [0.15, 0.2) is 46.9 Å². The normalized spacial score (nSPS) is 10.2. The lowest BCUT2D eigenvalue weighted by atomic mass is 10.2. The summed E-state index contributed by atoms with van der Waals surface area (Å²) in [6.45, 7) is -0.140. The van der Waals surface area contributed by atoms with Gasteiger partial charge in [-0.3, -0.25) is 0 Å². The number of nitrogens with two attached hydrogens (primary N) is 1. The van der Waals surface area contributed by atoms with Gasteiger partial charge < -0.3 is 10.5 Å². The van der Waals surface area contributed by atoms with Gasteiger partial charge in [-0.05, 0) is 30.3 Å². The molecule has 0 fully saturated rings. The van der Waals surface area contributed by atoms with Gasteiger partial charge in [-0.25, -0.2) is 9.18 Å². The number of hydrogen-bond acceptors (Lipinski definition) is 3. The molecule has 98 valence electrons. The van der Waals surface area contributed by atoms with Crippen LogP contribution in [0.25, 0.3) is 0 Å². The number of ether oxygens (including phenoxy) is 1. The quantitative estimate of drug-likeness (QED) is 0.694. The number of hydrogen-bond donors (Lipinski definition) is 1. The summed E-state index contributed by atoms with van der Waals surface area (Å²) in [5.41, 5.74) is 6.58. The first-order valence-electron chi connectivity index (χ1n) is 5.53. The SMILES string of the molecule is Nc1ccccc1C(=O)OCc1cc(Br)ccc1F. The van der Waals surface area contributed by atoms with Crippen LogP contribution in [-0.4, -0.2) is 5.97 Å². The van der Waals surface area contributed by atoms with Crippen molar-refractivity contribution < 1.29 is 13.9 Å². The van der Waals surface area contributed by atoms with E-state index < -0.39 is 11.8 Å². The number of carbonyl (C=O) groups is 1. The summed E-state index contributed by atoms with van der Waals surface area (Å²) in [5, 5.41) is 0. The molecule has 0 saturated heterocycles. The second-order valence-electron chi connectivity index (χ2n) is 3.90. The Morgan fingerprint density at radius 2 is 2.00 bits per heavy atom. The van der Waals surface area contributed by atoms with Gasteiger partial charge in [0.25, 0.3) is 0 Å². The van der Waals surface area contributed by atoms with Crippen LogP contribution in [-0.2, 0) is 11.3 Å². The number of esters is 1. The zero-order chi connectivity index (χ0) is 13.8. The molecule has 2 N–H and O–H groups in total. The van der Waals surface area contributed by atoms with Gasteiger partial charge in [0, 0.05) is 15.7 Å². The molecule has 0 amide bonds. The van der Waals surface area contributed by atoms with E-state index in [2.05, 4.69) is 15.9 Å². The highest BCUT2D eigenvalue weighted by Gasteiger charge is 2.12. The van der Waals surface area contributed by atoms with E-state index in [0.717, 1.165) is 4.47 Å². The maximum Gasteiger partial charge on any atom is 0.340 e. The third kappa shape index (κ3) is 3.32. The summed E-state index contributed by atoms with van der Waals surface area (Å²) in [6, 6.07) is 11.0. The van der Waals surface area contributed by atoms with Crippen molar-refractivity contribution in [3.63, 3.8) is 0 Å². The average molecular weight is 324 g/mol. The Bertz CT molecular complexity index is 616. The third-order valence-corrected chi connectivity index (χ3v) is 3.04. The van der Waals surface area contributed by atoms with Gasteiger partial charge in [0.15, 0.2) is 0 Å². The fourth-order valence-electron chi connectivity index (χ4n) is 1.56.